The number of piperidine rings is 1. The number of hydrogen-bond acceptors (Lipinski definition) is 5. The van der Waals surface area contributed by atoms with Crippen LogP contribution in [0.25, 0.3) is 31.6 Å². The lowest BCUT2D eigenvalue weighted by atomic mass is 10.0. The van der Waals surface area contributed by atoms with Gasteiger partial charge in [-0.1, -0.05) is 0 Å². The first-order chi connectivity index (χ1) is 12.6. The van der Waals surface area contributed by atoms with Crippen LogP contribution in [0.3, 0.4) is 0 Å². The number of aliphatic hydroxyl groups excluding tert-OH is 1. The number of aryl methyl sites for hydroxylation is 1. The fourth-order valence-electron chi connectivity index (χ4n) is 3.61. The van der Waals surface area contributed by atoms with Crippen molar-refractivity contribution >= 4 is 32.5 Å². The van der Waals surface area contributed by atoms with E-state index in [1.54, 1.807) is 11.7 Å². The second kappa shape index (κ2) is 5.87. The normalized spacial score (nSPS) is 21.0. The van der Waals surface area contributed by atoms with E-state index in [0.29, 0.717) is 12.1 Å². The van der Waals surface area contributed by atoms with Crippen LogP contribution in [0.5, 0.6) is 0 Å². The topological polar surface area (TPSA) is 67.9 Å². The van der Waals surface area contributed by atoms with Crippen molar-refractivity contribution in [3.05, 3.63) is 36.4 Å². The van der Waals surface area contributed by atoms with Crippen molar-refractivity contribution in [1.82, 2.24) is 24.9 Å². The van der Waals surface area contributed by atoms with Gasteiger partial charge in [-0.05, 0) is 36.7 Å². The Kier molecular flexibility index (Phi) is 3.59. The number of nitrogens with zero attached hydrogens (tertiary/aromatic N) is 4. The summed E-state index contributed by atoms with van der Waals surface area (Å²) in [7, 11) is 1.79. The van der Waals surface area contributed by atoms with Crippen molar-refractivity contribution < 1.29 is 9.50 Å². The van der Waals surface area contributed by atoms with Crippen LogP contribution in [0.15, 0.2) is 30.6 Å². The minimum atomic E-state index is -0.383. The summed E-state index contributed by atoms with van der Waals surface area (Å²) >= 11 is 1.53. The molecule has 4 heterocycles. The van der Waals surface area contributed by atoms with E-state index < -0.39 is 0 Å². The summed E-state index contributed by atoms with van der Waals surface area (Å²) in [5.41, 5.74) is 1.22. The molecule has 6 nitrogen and oxygen atoms in total. The van der Waals surface area contributed by atoms with E-state index in [2.05, 4.69) is 15.5 Å². The Morgan fingerprint density at radius 3 is 2.92 bits per heavy atom. The van der Waals surface area contributed by atoms with Gasteiger partial charge in [-0.2, -0.15) is 10.2 Å². The van der Waals surface area contributed by atoms with Gasteiger partial charge in [-0.15, -0.1) is 11.3 Å². The van der Waals surface area contributed by atoms with Gasteiger partial charge in [0, 0.05) is 41.6 Å². The maximum Gasteiger partial charge on any atom is 0.151 e. The monoisotopic (exact) mass is 371 g/mol. The van der Waals surface area contributed by atoms with Gasteiger partial charge in [-0.3, -0.25) is 9.36 Å². The number of nitrogens with one attached hydrogen (secondary N) is 1. The lowest BCUT2D eigenvalue weighted by molar-refractivity contribution is 0.0787. The van der Waals surface area contributed by atoms with Crippen LogP contribution in [-0.2, 0) is 7.05 Å². The number of halogens is 1. The van der Waals surface area contributed by atoms with E-state index in [0.717, 1.165) is 39.0 Å². The van der Waals surface area contributed by atoms with Crippen molar-refractivity contribution in [2.24, 2.45) is 7.05 Å². The zero-order valence-electron chi connectivity index (χ0n) is 14.2. The summed E-state index contributed by atoms with van der Waals surface area (Å²) in [5, 5.41) is 24.1. The standard InChI is InChI=1S/C18H18FN5OS/c1-23-8-11-4-10(5-13(19)17(11)21-23)16-6-12-9-24(22-18(12)26-16)14-7-20-3-2-15(14)25/h4-6,8-9,14-15,20,25H,2-3,7H2,1H3/t14?,15-/m0/s1. The van der Waals surface area contributed by atoms with Gasteiger partial charge in [0.05, 0.1) is 12.1 Å². The Morgan fingerprint density at radius 1 is 1.23 bits per heavy atom. The van der Waals surface area contributed by atoms with E-state index in [9.17, 15) is 9.50 Å². The first kappa shape index (κ1) is 15.9. The molecule has 0 bridgehead atoms. The zero-order valence-corrected chi connectivity index (χ0v) is 15.0. The van der Waals surface area contributed by atoms with Gasteiger partial charge in [0.2, 0.25) is 0 Å². The molecule has 0 aliphatic carbocycles. The fraction of sp³-hybridized carbons (Fsp3) is 0.333. The molecule has 1 saturated heterocycles. The zero-order chi connectivity index (χ0) is 17.8. The van der Waals surface area contributed by atoms with Crippen molar-refractivity contribution in [1.29, 1.82) is 0 Å². The molecule has 8 heteroatoms. The van der Waals surface area contributed by atoms with Crippen LogP contribution in [0.4, 0.5) is 4.39 Å². The molecule has 2 N–H and O–H groups in total. The van der Waals surface area contributed by atoms with Gasteiger partial charge in [-0.25, -0.2) is 4.39 Å². The predicted molar refractivity (Wildman–Crippen MR) is 99.8 cm³/mol. The Labute approximate surface area is 152 Å². The molecule has 1 fully saturated rings. The smallest absolute Gasteiger partial charge is 0.151 e. The summed E-state index contributed by atoms with van der Waals surface area (Å²) in [6.07, 6.45) is 4.13. The van der Waals surface area contributed by atoms with E-state index >= 15 is 0 Å². The van der Waals surface area contributed by atoms with Gasteiger partial charge < -0.3 is 10.4 Å². The quantitative estimate of drug-likeness (QED) is 0.569. The summed E-state index contributed by atoms with van der Waals surface area (Å²) in [6.45, 7) is 1.55. The van der Waals surface area contributed by atoms with Gasteiger partial charge in [0.15, 0.2) is 5.82 Å². The molecule has 1 unspecified atom stereocenters. The summed E-state index contributed by atoms with van der Waals surface area (Å²) in [6, 6.07) is 5.47. The van der Waals surface area contributed by atoms with Crippen molar-refractivity contribution in [2.75, 3.05) is 13.1 Å². The minimum absolute atomic E-state index is 0.0454. The van der Waals surface area contributed by atoms with Crippen molar-refractivity contribution in [3.8, 4) is 10.4 Å². The second-order valence-electron chi connectivity index (χ2n) is 6.81. The predicted octanol–water partition coefficient (Wildman–Crippen LogP) is 2.69. The Bertz CT molecular complexity index is 1080. The lowest BCUT2D eigenvalue weighted by Crippen LogP contribution is -2.41. The first-order valence-corrected chi connectivity index (χ1v) is 9.41. The largest absolute Gasteiger partial charge is 0.391 e. The fourth-order valence-corrected chi connectivity index (χ4v) is 4.60. The highest BCUT2D eigenvalue weighted by Gasteiger charge is 2.25. The van der Waals surface area contributed by atoms with Gasteiger partial charge >= 0.3 is 0 Å². The van der Waals surface area contributed by atoms with Gasteiger partial charge in [0.25, 0.3) is 0 Å². The van der Waals surface area contributed by atoms with Crippen LogP contribution in [0, 0.1) is 5.82 Å². The summed E-state index contributed by atoms with van der Waals surface area (Å²) < 4.78 is 17.8. The molecule has 4 aromatic rings. The average Bonchev–Trinajstić information content (AvgIpc) is 3.27. The summed E-state index contributed by atoms with van der Waals surface area (Å²) in [5.74, 6) is -0.314. The maximum absolute atomic E-state index is 14.4. The molecular weight excluding hydrogens is 353 g/mol. The SMILES string of the molecule is Cn1cc2cc(-c3cc4cn(C5CNCC[C@@H]5O)nc4s3)cc(F)c2n1. The average molecular weight is 371 g/mol. The molecule has 0 amide bonds. The highest BCUT2D eigenvalue weighted by atomic mass is 32.1. The number of fused-ring (bicyclic) bond motifs is 2. The van der Waals surface area contributed by atoms with Gasteiger partial charge in [0.1, 0.15) is 10.3 Å². The second-order valence-corrected chi connectivity index (χ2v) is 7.84. The number of aliphatic hydroxyl groups is 1. The number of aromatic nitrogens is 4. The molecule has 2 atom stereocenters. The molecular formula is C18H18FN5OS. The number of thiophene rings is 1. The Balaban J connectivity index is 1.53. The first-order valence-electron chi connectivity index (χ1n) is 8.59. The molecule has 3 aromatic heterocycles. The third-order valence-electron chi connectivity index (χ3n) is 4.93. The lowest BCUT2D eigenvalue weighted by Gasteiger charge is -2.28. The molecule has 1 aliphatic heterocycles. The third-order valence-corrected chi connectivity index (χ3v) is 6.02. The van der Waals surface area contributed by atoms with Crippen LogP contribution in [0.1, 0.15) is 12.5 Å². The number of benzene rings is 1. The van der Waals surface area contributed by atoms with Crippen LogP contribution < -0.4 is 5.32 Å². The summed E-state index contributed by atoms with van der Waals surface area (Å²) in [4.78, 5) is 1.87. The van der Waals surface area contributed by atoms with Crippen LogP contribution in [0.2, 0.25) is 0 Å². The van der Waals surface area contributed by atoms with E-state index in [4.69, 9.17) is 0 Å². The highest BCUT2D eigenvalue weighted by Crippen LogP contribution is 2.35. The molecule has 134 valence electrons. The van der Waals surface area contributed by atoms with E-state index in [1.807, 2.05) is 29.2 Å². The molecule has 0 saturated carbocycles. The molecule has 0 radical (unpaired) electrons. The molecule has 0 spiro atoms. The maximum atomic E-state index is 14.4. The van der Waals surface area contributed by atoms with Crippen LogP contribution >= 0.6 is 11.3 Å². The number of rotatable bonds is 2. The molecule has 26 heavy (non-hydrogen) atoms. The van der Waals surface area contributed by atoms with Crippen molar-refractivity contribution in [2.45, 2.75) is 18.6 Å². The molecule has 5 rings (SSSR count). The van der Waals surface area contributed by atoms with E-state index in [-0.39, 0.29) is 18.0 Å². The van der Waals surface area contributed by atoms with Crippen molar-refractivity contribution in [3.63, 3.8) is 0 Å². The minimum Gasteiger partial charge on any atom is -0.391 e. The highest BCUT2D eigenvalue weighted by molar-refractivity contribution is 7.21. The third kappa shape index (κ3) is 2.53. The molecule has 1 aromatic carbocycles. The number of hydrogen-bond donors (Lipinski definition) is 2. The van der Waals surface area contributed by atoms with Crippen LogP contribution in [-0.4, -0.2) is 43.9 Å². The Hall–Kier alpha value is -2.29. The molecule has 1 aliphatic rings. The Morgan fingerprint density at radius 2 is 2.12 bits per heavy atom. The van der Waals surface area contributed by atoms with E-state index in [1.165, 1.54) is 17.4 Å².